The second-order valence-corrected chi connectivity index (χ2v) is 2.54. The highest BCUT2D eigenvalue weighted by atomic mass is 16.1. The van der Waals surface area contributed by atoms with E-state index in [1.54, 1.807) is 24.9 Å². The molecule has 1 rings (SSSR count). The van der Waals surface area contributed by atoms with Gasteiger partial charge < -0.3 is 10.3 Å². The van der Waals surface area contributed by atoms with E-state index in [1.165, 1.54) is 6.20 Å². The number of ketones is 1. The number of hydrogen-bond acceptors (Lipinski definition) is 3. The third-order valence-electron chi connectivity index (χ3n) is 1.48. The molecule has 0 saturated carbocycles. The van der Waals surface area contributed by atoms with Crippen molar-refractivity contribution in [3.05, 3.63) is 18.2 Å². The SMILES string of the molecule is C[C@@H](N)C(=O)c1cncn1C. The lowest BCUT2D eigenvalue weighted by Crippen LogP contribution is -2.28. The normalized spacial score (nSPS) is 13.0. The number of imidazole rings is 1. The van der Waals surface area contributed by atoms with Gasteiger partial charge in [0.2, 0.25) is 0 Å². The highest BCUT2D eigenvalue weighted by Crippen LogP contribution is 1.99. The highest BCUT2D eigenvalue weighted by Gasteiger charge is 2.13. The molecule has 0 bridgehead atoms. The summed E-state index contributed by atoms with van der Waals surface area (Å²) in [6.07, 6.45) is 3.10. The molecule has 4 heteroatoms. The summed E-state index contributed by atoms with van der Waals surface area (Å²) in [5.74, 6) is -0.0787. The van der Waals surface area contributed by atoms with Crippen molar-refractivity contribution in [1.29, 1.82) is 0 Å². The van der Waals surface area contributed by atoms with Crippen molar-refractivity contribution in [3.8, 4) is 0 Å². The summed E-state index contributed by atoms with van der Waals surface area (Å²) in [6, 6.07) is -0.453. The van der Waals surface area contributed by atoms with Crippen LogP contribution in [0.25, 0.3) is 0 Å². The average molecular weight is 153 g/mol. The number of carbonyl (C=O) groups is 1. The van der Waals surface area contributed by atoms with Crippen molar-refractivity contribution in [1.82, 2.24) is 9.55 Å². The topological polar surface area (TPSA) is 60.9 Å². The van der Waals surface area contributed by atoms with Gasteiger partial charge in [-0.25, -0.2) is 4.98 Å². The first-order valence-corrected chi connectivity index (χ1v) is 3.39. The van der Waals surface area contributed by atoms with Gasteiger partial charge in [-0.1, -0.05) is 0 Å². The minimum atomic E-state index is -0.453. The molecular formula is C7H11N3O. The molecule has 1 heterocycles. The van der Waals surface area contributed by atoms with Crippen molar-refractivity contribution in [2.24, 2.45) is 12.8 Å². The molecule has 1 aromatic rings. The fourth-order valence-electron chi connectivity index (χ4n) is 0.828. The Labute approximate surface area is 65.0 Å². The Morgan fingerprint density at radius 3 is 2.82 bits per heavy atom. The molecule has 0 fully saturated rings. The van der Waals surface area contributed by atoms with Crippen LogP contribution < -0.4 is 5.73 Å². The van der Waals surface area contributed by atoms with E-state index < -0.39 is 6.04 Å². The van der Waals surface area contributed by atoms with E-state index in [2.05, 4.69) is 4.98 Å². The fourth-order valence-corrected chi connectivity index (χ4v) is 0.828. The summed E-state index contributed by atoms with van der Waals surface area (Å²) in [6.45, 7) is 1.66. The minimum Gasteiger partial charge on any atom is -0.331 e. The Morgan fingerprint density at radius 2 is 2.45 bits per heavy atom. The quantitative estimate of drug-likeness (QED) is 0.606. The fraction of sp³-hybridized carbons (Fsp3) is 0.429. The average Bonchev–Trinajstić information content (AvgIpc) is 2.33. The number of carbonyl (C=O) groups excluding carboxylic acids is 1. The predicted molar refractivity (Wildman–Crippen MR) is 41.2 cm³/mol. The maximum atomic E-state index is 11.2. The zero-order valence-corrected chi connectivity index (χ0v) is 6.61. The number of hydrogen-bond donors (Lipinski definition) is 1. The third kappa shape index (κ3) is 1.46. The Kier molecular flexibility index (Phi) is 2.05. The van der Waals surface area contributed by atoms with E-state index in [1.807, 2.05) is 0 Å². The lowest BCUT2D eigenvalue weighted by Gasteiger charge is -2.03. The number of aromatic nitrogens is 2. The zero-order chi connectivity index (χ0) is 8.43. The van der Waals surface area contributed by atoms with Gasteiger partial charge in [0.15, 0.2) is 5.78 Å². The van der Waals surface area contributed by atoms with E-state index in [-0.39, 0.29) is 5.78 Å². The molecule has 11 heavy (non-hydrogen) atoms. The van der Waals surface area contributed by atoms with Crippen LogP contribution in [0, 0.1) is 0 Å². The van der Waals surface area contributed by atoms with E-state index in [0.29, 0.717) is 5.69 Å². The molecule has 0 unspecified atom stereocenters. The molecule has 0 saturated heterocycles. The van der Waals surface area contributed by atoms with Gasteiger partial charge in [0.05, 0.1) is 18.6 Å². The molecule has 1 atom stereocenters. The van der Waals surface area contributed by atoms with Crippen molar-refractivity contribution in [2.45, 2.75) is 13.0 Å². The standard InChI is InChI=1S/C7H11N3O/c1-5(8)7(11)6-3-9-4-10(6)2/h3-5H,8H2,1-2H3/t5-/m1/s1. The van der Waals surface area contributed by atoms with Crippen LogP contribution in [0.3, 0.4) is 0 Å². The molecule has 2 N–H and O–H groups in total. The summed E-state index contributed by atoms with van der Waals surface area (Å²) >= 11 is 0. The van der Waals surface area contributed by atoms with Crippen LogP contribution in [0.15, 0.2) is 12.5 Å². The molecule has 0 radical (unpaired) electrons. The number of rotatable bonds is 2. The Balaban J connectivity index is 2.93. The van der Waals surface area contributed by atoms with Crippen LogP contribution in [0.2, 0.25) is 0 Å². The Morgan fingerprint density at radius 1 is 1.82 bits per heavy atom. The molecule has 0 aliphatic rings. The van der Waals surface area contributed by atoms with Gasteiger partial charge in [-0.3, -0.25) is 4.79 Å². The zero-order valence-electron chi connectivity index (χ0n) is 6.61. The van der Waals surface area contributed by atoms with Gasteiger partial charge in [-0.05, 0) is 6.92 Å². The number of Topliss-reactive ketones (excluding diaryl/α,β-unsaturated/α-hetero) is 1. The Bertz CT molecular complexity index is 264. The van der Waals surface area contributed by atoms with Crippen LogP contribution in [-0.4, -0.2) is 21.4 Å². The van der Waals surface area contributed by atoms with Crippen molar-refractivity contribution in [2.75, 3.05) is 0 Å². The van der Waals surface area contributed by atoms with Crippen LogP contribution in [0.1, 0.15) is 17.4 Å². The molecule has 0 aliphatic carbocycles. The molecular weight excluding hydrogens is 142 g/mol. The first-order chi connectivity index (χ1) is 5.13. The molecule has 4 nitrogen and oxygen atoms in total. The molecule has 0 spiro atoms. The summed E-state index contributed by atoms with van der Waals surface area (Å²) in [5.41, 5.74) is 5.96. The van der Waals surface area contributed by atoms with E-state index in [9.17, 15) is 4.79 Å². The summed E-state index contributed by atoms with van der Waals surface area (Å²) in [7, 11) is 1.77. The van der Waals surface area contributed by atoms with E-state index in [0.717, 1.165) is 0 Å². The van der Waals surface area contributed by atoms with Crippen LogP contribution in [0.4, 0.5) is 0 Å². The van der Waals surface area contributed by atoms with Gasteiger partial charge in [-0.15, -0.1) is 0 Å². The van der Waals surface area contributed by atoms with Crippen LogP contribution >= 0.6 is 0 Å². The summed E-state index contributed by atoms with van der Waals surface area (Å²) < 4.78 is 1.66. The second kappa shape index (κ2) is 2.84. The number of nitrogens with two attached hydrogens (primary N) is 1. The first-order valence-electron chi connectivity index (χ1n) is 3.39. The van der Waals surface area contributed by atoms with E-state index in [4.69, 9.17) is 5.73 Å². The number of nitrogens with zero attached hydrogens (tertiary/aromatic N) is 2. The van der Waals surface area contributed by atoms with Gasteiger partial charge in [-0.2, -0.15) is 0 Å². The van der Waals surface area contributed by atoms with Crippen LogP contribution in [0.5, 0.6) is 0 Å². The van der Waals surface area contributed by atoms with Crippen LogP contribution in [-0.2, 0) is 7.05 Å². The van der Waals surface area contributed by atoms with Gasteiger partial charge in [0, 0.05) is 7.05 Å². The Hall–Kier alpha value is -1.16. The van der Waals surface area contributed by atoms with Gasteiger partial charge in [0.25, 0.3) is 0 Å². The summed E-state index contributed by atoms with van der Waals surface area (Å²) in [5, 5.41) is 0. The largest absolute Gasteiger partial charge is 0.331 e. The smallest absolute Gasteiger partial charge is 0.197 e. The monoisotopic (exact) mass is 153 g/mol. The first kappa shape index (κ1) is 7.94. The van der Waals surface area contributed by atoms with Crippen molar-refractivity contribution in [3.63, 3.8) is 0 Å². The van der Waals surface area contributed by atoms with Crippen molar-refractivity contribution < 1.29 is 4.79 Å². The lowest BCUT2D eigenvalue weighted by atomic mass is 10.2. The molecule has 1 aromatic heterocycles. The summed E-state index contributed by atoms with van der Waals surface area (Å²) in [4.78, 5) is 15.1. The lowest BCUT2D eigenvalue weighted by molar-refractivity contribution is 0.0960. The molecule has 0 aliphatic heterocycles. The van der Waals surface area contributed by atoms with Gasteiger partial charge >= 0.3 is 0 Å². The highest BCUT2D eigenvalue weighted by molar-refractivity contribution is 5.98. The molecule has 60 valence electrons. The van der Waals surface area contributed by atoms with E-state index >= 15 is 0 Å². The maximum Gasteiger partial charge on any atom is 0.197 e. The predicted octanol–water partition coefficient (Wildman–Crippen LogP) is -0.0500. The second-order valence-electron chi connectivity index (χ2n) is 2.54. The minimum absolute atomic E-state index is 0.0787. The van der Waals surface area contributed by atoms with Gasteiger partial charge in [0.1, 0.15) is 5.69 Å². The molecule has 0 amide bonds. The van der Waals surface area contributed by atoms with Crippen molar-refractivity contribution >= 4 is 5.78 Å². The number of aryl methyl sites for hydroxylation is 1. The maximum absolute atomic E-state index is 11.2. The third-order valence-corrected chi connectivity index (χ3v) is 1.48. The molecule has 0 aromatic carbocycles.